The Morgan fingerprint density at radius 1 is 1.24 bits per heavy atom. The average molecular weight is 357 g/mol. The SMILES string of the molecule is CC1CC(C(=O)O)CN(C(=O)C(C)Cc2ccc(C(F)(F)F)cc2)C1. The second-order valence-electron chi connectivity index (χ2n) is 6.92. The van der Waals surface area contributed by atoms with E-state index < -0.39 is 29.5 Å². The van der Waals surface area contributed by atoms with Gasteiger partial charge in [0.25, 0.3) is 0 Å². The van der Waals surface area contributed by atoms with Crippen molar-refractivity contribution in [3.8, 4) is 0 Å². The van der Waals surface area contributed by atoms with Crippen molar-refractivity contribution in [2.45, 2.75) is 32.9 Å². The van der Waals surface area contributed by atoms with E-state index in [1.54, 1.807) is 11.8 Å². The summed E-state index contributed by atoms with van der Waals surface area (Å²) in [5.41, 5.74) is -0.0712. The highest BCUT2D eigenvalue weighted by atomic mass is 19.4. The van der Waals surface area contributed by atoms with E-state index in [4.69, 9.17) is 0 Å². The first kappa shape index (κ1) is 19.3. The summed E-state index contributed by atoms with van der Waals surface area (Å²) in [6, 6.07) is 4.78. The van der Waals surface area contributed by atoms with Gasteiger partial charge in [-0.05, 0) is 36.5 Å². The van der Waals surface area contributed by atoms with Crippen LogP contribution in [0.4, 0.5) is 13.2 Å². The summed E-state index contributed by atoms with van der Waals surface area (Å²) < 4.78 is 37.7. The number of amides is 1. The number of aliphatic carboxylic acids is 1. The highest BCUT2D eigenvalue weighted by Crippen LogP contribution is 2.29. The molecule has 0 aliphatic carbocycles. The fourth-order valence-corrected chi connectivity index (χ4v) is 3.29. The van der Waals surface area contributed by atoms with Crippen LogP contribution in [0.25, 0.3) is 0 Å². The first-order valence-corrected chi connectivity index (χ1v) is 8.25. The van der Waals surface area contributed by atoms with Crippen LogP contribution in [-0.2, 0) is 22.2 Å². The van der Waals surface area contributed by atoms with Crippen LogP contribution in [0, 0.1) is 17.8 Å². The molecule has 25 heavy (non-hydrogen) atoms. The van der Waals surface area contributed by atoms with Crippen LogP contribution in [0.15, 0.2) is 24.3 Å². The Labute approximate surface area is 144 Å². The number of carboxylic acids is 1. The van der Waals surface area contributed by atoms with Gasteiger partial charge in [0.2, 0.25) is 5.91 Å². The summed E-state index contributed by atoms with van der Waals surface area (Å²) >= 11 is 0. The number of carboxylic acid groups (broad SMARTS) is 1. The molecule has 1 fully saturated rings. The summed E-state index contributed by atoms with van der Waals surface area (Å²) in [6.07, 6.45) is -3.51. The van der Waals surface area contributed by atoms with Gasteiger partial charge < -0.3 is 10.0 Å². The quantitative estimate of drug-likeness (QED) is 0.898. The largest absolute Gasteiger partial charge is 0.481 e. The van der Waals surface area contributed by atoms with Crippen molar-refractivity contribution in [3.63, 3.8) is 0 Å². The lowest BCUT2D eigenvalue weighted by molar-refractivity contribution is -0.148. The fourth-order valence-electron chi connectivity index (χ4n) is 3.29. The number of likely N-dealkylation sites (tertiary alicyclic amines) is 1. The van der Waals surface area contributed by atoms with Gasteiger partial charge in [-0.2, -0.15) is 13.2 Å². The second kappa shape index (κ2) is 7.45. The van der Waals surface area contributed by atoms with Crippen LogP contribution < -0.4 is 0 Å². The van der Waals surface area contributed by atoms with E-state index in [9.17, 15) is 27.9 Å². The molecule has 1 aromatic rings. The maximum atomic E-state index is 12.6. The van der Waals surface area contributed by atoms with E-state index in [0.717, 1.165) is 12.1 Å². The average Bonchev–Trinajstić information content (AvgIpc) is 2.53. The second-order valence-corrected chi connectivity index (χ2v) is 6.92. The number of carbonyl (C=O) groups excluding carboxylic acids is 1. The van der Waals surface area contributed by atoms with Crippen molar-refractivity contribution in [3.05, 3.63) is 35.4 Å². The smallest absolute Gasteiger partial charge is 0.416 e. The van der Waals surface area contributed by atoms with Gasteiger partial charge in [0.05, 0.1) is 11.5 Å². The van der Waals surface area contributed by atoms with Crippen molar-refractivity contribution >= 4 is 11.9 Å². The molecular weight excluding hydrogens is 335 g/mol. The third-order valence-electron chi connectivity index (χ3n) is 4.57. The molecule has 0 aromatic heterocycles. The minimum absolute atomic E-state index is 0.108. The van der Waals surface area contributed by atoms with Gasteiger partial charge in [0.15, 0.2) is 0 Å². The molecule has 2 rings (SSSR count). The topological polar surface area (TPSA) is 57.6 Å². The molecule has 0 bridgehead atoms. The number of alkyl halides is 3. The molecule has 4 nitrogen and oxygen atoms in total. The molecular formula is C18H22F3NO3. The first-order chi connectivity index (χ1) is 11.6. The molecule has 1 aromatic carbocycles. The Morgan fingerprint density at radius 2 is 1.84 bits per heavy atom. The minimum Gasteiger partial charge on any atom is -0.481 e. The van der Waals surface area contributed by atoms with Crippen LogP contribution in [0.3, 0.4) is 0 Å². The van der Waals surface area contributed by atoms with Crippen molar-refractivity contribution in [1.82, 2.24) is 4.90 Å². The molecule has 1 heterocycles. The lowest BCUT2D eigenvalue weighted by Gasteiger charge is -2.36. The lowest BCUT2D eigenvalue weighted by atomic mass is 9.89. The van der Waals surface area contributed by atoms with Crippen LogP contribution in [0.1, 0.15) is 31.4 Å². The molecule has 0 radical (unpaired) electrons. The normalized spacial score (nSPS) is 22.5. The van der Waals surface area contributed by atoms with Crippen LogP contribution in [0.2, 0.25) is 0 Å². The monoisotopic (exact) mass is 357 g/mol. The van der Waals surface area contributed by atoms with Gasteiger partial charge in [-0.15, -0.1) is 0 Å². The molecule has 138 valence electrons. The standard InChI is InChI=1S/C18H22F3NO3/c1-11-7-14(17(24)25)10-22(9-11)16(23)12(2)8-13-3-5-15(6-4-13)18(19,20)21/h3-6,11-12,14H,7-10H2,1-2H3,(H,24,25). The number of halogens is 3. The zero-order valence-corrected chi connectivity index (χ0v) is 14.2. The van der Waals surface area contributed by atoms with Crippen molar-refractivity contribution in [2.24, 2.45) is 17.8 Å². The fraction of sp³-hybridized carbons (Fsp3) is 0.556. The van der Waals surface area contributed by atoms with E-state index in [0.29, 0.717) is 24.9 Å². The van der Waals surface area contributed by atoms with Gasteiger partial charge >= 0.3 is 12.1 Å². The maximum absolute atomic E-state index is 12.6. The summed E-state index contributed by atoms with van der Waals surface area (Å²) in [7, 11) is 0. The van der Waals surface area contributed by atoms with Crippen molar-refractivity contribution in [2.75, 3.05) is 13.1 Å². The predicted octanol–water partition coefficient (Wildman–Crippen LogP) is 3.45. The molecule has 3 unspecified atom stereocenters. The molecule has 1 amide bonds. The predicted molar refractivity (Wildman–Crippen MR) is 85.8 cm³/mol. The third-order valence-corrected chi connectivity index (χ3v) is 4.57. The Hall–Kier alpha value is -2.05. The number of carbonyl (C=O) groups is 2. The molecule has 7 heteroatoms. The van der Waals surface area contributed by atoms with Crippen LogP contribution in [0.5, 0.6) is 0 Å². The highest BCUT2D eigenvalue weighted by Gasteiger charge is 2.33. The maximum Gasteiger partial charge on any atom is 0.416 e. The molecule has 1 N–H and O–H groups in total. The molecule has 1 saturated heterocycles. The highest BCUT2D eigenvalue weighted by molar-refractivity contribution is 5.80. The molecule has 0 saturated carbocycles. The number of hydrogen-bond acceptors (Lipinski definition) is 2. The molecule has 1 aliphatic rings. The zero-order valence-electron chi connectivity index (χ0n) is 14.2. The molecule has 3 atom stereocenters. The Bertz CT molecular complexity index is 627. The van der Waals surface area contributed by atoms with Gasteiger partial charge in [0, 0.05) is 19.0 Å². The van der Waals surface area contributed by atoms with E-state index in [-0.39, 0.29) is 18.4 Å². The zero-order chi connectivity index (χ0) is 18.8. The summed E-state index contributed by atoms with van der Waals surface area (Å²) in [5, 5.41) is 9.19. The Kier molecular flexibility index (Phi) is 5.75. The minimum atomic E-state index is -4.38. The molecule has 1 aliphatic heterocycles. The van der Waals surface area contributed by atoms with Gasteiger partial charge in [0.1, 0.15) is 0 Å². The van der Waals surface area contributed by atoms with Crippen molar-refractivity contribution in [1.29, 1.82) is 0 Å². The van der Waals surface area contributed by atoms with Gasteiger partial charge in [-0.3, -0.25) is 9.59 Å². The number of rotatable bonds is 4. The van der Waals surface area contributed by atoms with E-state index in [1.165, 1.54) is 12.1 Å². The Morgan fingerprint density at radius 3 is 2.36 bits per heavy atom. The third kappa shape index (κ3) is 4.96. The number of piperidine rings is 1. The molecule has 0 spiro atoms. The number of hydrogen-bond donors (Lipinski definition) is 1. The number of nitrogens with zero attached hydrogens (tertiary/aromatic N) is 1. The summed E-state index contributed by atoms with van der Waals surface area (Å²) in [6.45, 7) is 4.33. The first-order valence-electron chi connectivity index (χ1n) is 8.25. The van der Waals surface area contributed by atoms with Crippen LogP contribution in [-0.4, -0.2) is 35.0 Å². The van der Waals surface area contributed by atoms with Gasteiger partial charge in [-0.1, -0.05) is 26.0 Å². The lowest BCUT2D eigenvalue weighted by Crippen LogP contribution is -2.47. The van der Waals surface area contributed by atoms with Crippen molar-refractivity contribution < 1.29 is 27.9 Å². The van der Waals surface area contributed by atoms with E-state index >= 15 is 0 Å². The van der Waals surface area contributed by atoms with E-state index in [1.807, 2.05) is 6.92 Å². The summed E-state index contributed by atoms with van der Waals surface area (Å²) in [5.74, 6) is -1.93. The summed E-state index contributed by atoms with van der Waals surface area (Å²) in [4.78, 5) is 25.4. The van der Waals surface area contributed by atoms with Gasteiger partial charge in [-0.25, -0.2) is 0 Å². The Balaban J connectivity index is 2.01. The number of benzene rings is 1. The van der Waals surface area contributed by atoms with Crippen LogP contribution >= 0.6 is 0 Å². The van der Waals surface area contributed by atoms with E-state index in [2.05, 4.69) is 0 Å².